The van der Waals surface area contributed by atoms with E-state index in [4.69, 9.17) is 0 Å². The van der Waals surface area contributed by atoms with Crippen LogP contribution in [0.5, 0.6) is 0 Å². The molecule has 5 nitrogen and oxygen atoms in total. The van der Waals surface area contributed by atoms with E-state index in [9.17, 15) is 0 Å². The molecule has 0 aliphatic heterocycles. The summed E-state index contributed by atoms with van der Waals surface area (Å²) in [6.45, 7) is 4.33. The largest absolute Gasteiger partial charge is 0.383 e. The van der Waals surface area contributed by atoms with E-state index in [2.05, 4.69) is 52.9 Å². The highest BCUT2D eigenvalue weighted by Gasteiger charge is 2.23. The van der Waals surface area contributed by atoms with Crippen LogP contribution in [-0.2, 0) is 0 Å². The van der Waals surface area contributed by atoms with Crippen LogP contribution in [0.2, 0.25) is 0 Å². The zero-order valence-corrected chi connectivity index (χ0v) is 11.4. The summed E-state index contributed by atoms with van der Waals surface area (Å²) in [5.41, 5.74) is 3.35. The Morgan fingerprint density at radius 3 is 2.89 bits per heavy atom. The summed E-state index contributed by atoms with van der Waals surface area (Å²) >= 11 is 0. The normalized spacial score (nSPS) is 16.3. The van der Waals surface area contributed by atoms with Crippen LogP contribution in [0, 0.1) is 12.8 Å². The fraction of sp³-hybridized carbons (Fsp3) is 0.500. The topological polar surface area (TPSA) is 55.6 Å². The number of tetrazole rings is 1. The van der Waals surface area contributed by atoms with Gasteiger partial charge < -0.3 is 5.32 Å². The SMILES string of the molecule is Cc1cc(NC(C)CC2CC2)ccc1-n1cnnn1. The Kier molecular flexibility index (Phi) is 3.19. The summed E-state index contributed by atoms with van der Waals surface area (Å²) in [4.78, 5) is 0. The fourth-order valence-electron chi connectivity index (χ4n) is 2.47. The molecule has 1 N–H and O–H groups in total. The number of aromatic nitrogens is 4. The highest BCUT2D eigenvalue weighted by molar-refractivity contribution is 5.53. The van der Waals surface area contributed by atoms with Gasteiger partial charge in [-0.1, -0.05) is 12.8 Å². The number of nitrogens with zero attached hydrogens (tertiary/aromatic N) is 4. The van der Waals surface area contributed by atoms with Gasteiger partial charge in [0, 0.05) is 11.7 Å². The highest BCUT2D eigenvalue weighted by atomic mass is 15.5. The summed E-state index contributed by atoms with van der Waals surface area (Å²) in [6.07, 6.45) is 5.70. The number of anilines is 1. The maximum atomic E-state index is 3.92. The van der Waals surface area contributed by atoms with Gasteiger partial charge in [-0.25, -0.2) is 4.68 Å². The predicted octanol–water partition coefficient (Wildman–Crippen LogP) is 2.57. The zero-order valence-electron chi connectivity index (χ0n) is 11.4. The van der Waals surface area contributed by atoms with Crippen molar-refractivity contribution in [3.8, 4) is 5.69 Å². The third kappa shape index (κ3) is 2.92. The first-order valence-electron chi connectivity index (χ1n) is 6.83. The van der Waals surface area contributed by atoms with Crippen molar-refractivity contribution in [3.63, 3.8) is 0 Å². The maximum absolute atomic E-state index is 3.92. The van der Waals surface area contributed by atoms with E-state index in [1.807, 2.05) is 0 Å². The van der Waals surface area contributed by atoms with E-state index in [1.165, 1.54) is 24.9 Å². The molecule has 1 heterocycles. The minimum absolute atomic E-state index is 0.533. The van der Waals surface area contributed by atoms with Crippen molar-refractivity contribution >= 4 is 5.69 Å². The van der Waals surface area contributed by atoms with Gasteiger partial charge in [-0.2, -0.15) is 0 Å². The van der Waals surface area contributed by atoms with Crippen molar-refractivity contribution in [1.29, 1.82) is 0 Å². The molecule has 1 fully saturated rings. The monoisotopic (exact) mass is 257 g/mol. The van der Waals surface area contributed by atoms with E-state index >= 15 is 0 Å². The summed E-state index contributed by atoms with van der Waals surface area (Å²) < 4.78 is 1.69. The van der Waals surface area contributed by atoms with Crippen LogP contribution >= 0.6 is 0 Å². The van der Waals surface area contributed by atoms with E-state index < -0.39 is 0 Å². The first-order chi connectivity index (χ1) is 9.22. The van der Waals surface area contributed by atoms with Crippen molar-refractivity contribution < 1.29 is 0 Å². The van der Waals surface area contributed by atoms with Gasteiger partial charge in [0.1, 0.15) is 6.33 Å². The quantitative estimate of drug-likeness (QED) is 0.894. The van der Waals surface area contributed by atoms with Gasteiger partial charge >= 0.3 is 0 Å². The van der Waals surface area contributed by atoms with Crippen LogP contribution < -0.4 is 5.32 Å². The molecule has 1 aliphatic rings. The molecule has 0 spiro atoms. The molecule has 3 rings (SSSR count). The van der Waals surface area contributed by atoms with E-state index in [-0.39, 0.29) is 0 Å². The molecule has 5 heteroatoms. The van der Waals surface area contributed by atoms with E-state index in [1.54, 1.807) is 11.0 Å². The Morgan fingerprint density at radius 1 is 1.42 bits per heavy atom. The lowest BCUT2D eigenvalue weighted by Crippen LogP contribution is -2.15. The minimum Gasteiger partial charge on any atom is -0.383 e. The van der Waals surface area contributed by atoms with Crippen LogP contribution in [0.25, 0.3) is 5.69 Å². The molecule has 1 saturated carbocycles. The lowest BCUT2D eigenvalue weighted by atomic mass is 10.1. The first kappa shape index (κ1) is 12.1. The van der Waals surface area contributed by atoms with Gasteiger partial charge in [-0.3, -0.25) is 0 Å². The molecule has 2 aromatic rings. The Morgan fingerprint density at radius 2 is 2.26 bits per heavy atom. The van der Waals surface area contributed by atoms with Crippen molar-refractivity contribution in [2.24, 2.45) is 5.92 Å². The van der Waals surface area contributed by atoms with Gasteiger partial charge in [0.15, 0.2) is 0 Å². The summed E-state index contributed by atoms with van der Waals surface area (Å²) in [7, 11) is 0. The second-order valence-corrected chi connectivity index (χ2v) is 5.48. The van der Waals surface area contributed by atoms with Crippen LogP contribution in [-0.4, -0.2) is 26.2 Å². The Bertz CT molecular complexity index is 545. The summed E-state index contributed by atoms with van der Waals surface area (Å²) in [5, 5.41) is 14.8. The number of hydrogen-bond acceptors (Lipinski definition) is 4. The van der Waals surface area contributed by atoms with Gasteiger partial charge in [-0.15, -0.1) is 5.10 Å². The Hall–Kier alpha value is -1.91. The van der Waals surface area contributed by atoms with Crippen LogP contribution in [0.1, 0.15) is 31.7 Å². The molecule has 19 heavy (non-hydrogen) atoms. The third-order valence-corrected chi connectivity index (χ3v) is 3.59. The van der Waals surface area contributed by atoms with Crippen LogP contribution in [0.4, 0.5) is 5.69 Å². The molecule has 1 aromatic heterocycles. The number of aryl methyl sites for hydroxylation is 1. The average molecular weight is 257 g/mol. The van der Waals surface area contributed by atoms with Gasteiger partial charge in [0.25, 0.3) is 0 Å². The standard InChI is InChI=1S/C14H19N5/c1-10-7-13(16-11(2)8-12-3-4-12)5-6-14(10)19-9-15-17-18-19/h5-7,9,11-12,16H,3-4,8H2,1-2H3. The molecule has 0 radical (unpaired) electrons. The lowest BCUT2D eigenvalue weighted by Gasteiger charge is -2.16. The number of nitrogens with one attached hydrogen (secondary N) is 1. The molecule has 0 saturated heterocycles. The lowest BCUT2D eigenvalue weighted by molar-refractivity contribution is 0.642. The fourth-order valence-corrected chi connectivity index (χ4v) is 2.47. The Balaban J connectivity index is 1.71. The molecule has 0 bridgehead atoms. The third-order valence-electron chi connectivity index (χ3n) is 3.59. The van der Waals surface area contributed by atoms with Gasteiger partial charge in [0.2, 0.25) is 0 Å². The molecule has 1 atom stereocenters. The number of rotatable bonds is 5. The molecule has 1 unspecified atom stereocenters. The molecule has 100 valence electrons. The van der Waals surface area contributed by atoms with Crippen molar-refractivity contribution in [2.45, 2.75) is 39.2 Å². The second-order valence-electron chi connectivity index (χ2n) is 5.48. The van der Waals surface area contributed by atoms with E-state index in [0.29, 0.717) is 6.04 Å². The smallest absolute Gasteiger partial charge is 0.143 e. The molecular weight excluding hydrogens is 238 g/mol. The summed E-state index contributed by atoms with van der Waals surface area (Å²) in [6, 6.07) is 6.83. The highest BCUT2D eigenvalue weighted by Crippen LogP contribution is 2.34. The van der Waals surface area contributed by atoms with Gasteiger partial charge in [0.05, 0.1) is 5.69 Å². The van der Waals surface area contributed by atoms with Gasteiger partial charge in [-0.05, 0) is 60.4 Å². The molecule has 1 aromatic carbocycles. The van der Waals surface area contributed by atoms with Crippen LogP contribution in [0.15, 0.2) is 24.5 Å². The first-order valence-corrected chi connectivity index (χ1v) is 6.83. The van der Waals surface area contributed by atoms with Crippen molar-refractivity contribution in [2.75, 3.05) is 5.32 Å². The number of benzene rings is 1. The summed E-state index contributed by atoms with van der Waals surface area (Å²) in [5.74, 6) is 0.948. The maximum Gasteiger partial charge on any atom is 0.143 e. The van der Waals surface area contributed by atoms with Crippen molar-refractivity contribution in [3.05, 3.63) is 30.1 Å². The molecule has 1 aliphatic carbocycles. The Labute approximate surface area is 113 Å². The van der Waals surface area contributed by atoms with Crippen LogP contribution in [0.3, 0.4) is 0 Å². The second kappa shape index (κ2) is 4.99. The predicted molar refractivity (Wildman–Crippen MR) is 74.3 cm³/mol. The average Bonchev–Trinajstić information content (AvgIpc) is 3.02. The molecule has 0 amide bonds. The number of hydrogen-bond donors (Lipinski definition) is 1. The molecular formula is C14H19N5. The van der Waals surface area contributed by atoms with Crippen molar-refractivity contribution in [1.82, 2.24) is 20.2 Å². The zero-order chi connectivity index (χ0) is 13.2. The minimum atomic E-state index is 0.533. The van der Waals surface area contributed by atoms with E-state index in [0.717, 1.165) is 17.2 Å².